The van der Waals surface area contributed by atoms with E-state index in [4.69, 9.17) is 10.00 Å². The monoisotopic (exact) mass is 322 g/mol. The molecule has 0 aromatic heterocycles. The molecule has 24 heavy (non-hydrogen) atoms. The Balaban J connectivity index is 1.78. The third-order valence-electron chi connectivity index (χ3n) is 3.55. The maximum atomic E-state index is 8.82. The summed E-state index contributed by atoms with van der Waals surface area (Å²) in [6.45, 7) is 1.96. The van der Waals surface area contributed by atoms with Crippen LogP contribution in [0.25, 0.3) is 0 Å². The summed E-state index contributed by atoms with van der Waals surface area (Å²) in [5, 5.41) is 12.1. The van der Waals surface area contributed by atoms with E-state index in [2.05, 4.69) is 16.4 Å². The molecule has 0 spiro atoms. The van der Waals surface area contributed by atoms with Gasteiger partial charge in [-0.2, -0.15) is 5.26 Å². The molecule has 0 unspecified atom stereocenters. The van der Waals surface area contributed by atoms with Crippen LogP contribution in [-0.2, 0) is 6.54 Å². The Morgan fingerprint density at radius 1 is 1.17 bits per heavy atom. The van der Waals surface area contributed by atoms with Crippen LogP contribution in [-0.4, -0.2) is 38.1 Å². The first-order valence-electron chi connectivity index (χ1n) is 7.81. The largest absolute Gasteiger partial charge is 0.492 e. The van der Waals surface area contributed by atoms with Gasteiger partial charge in [-0.25, -0.2) is 0 Å². The summed E-state index contributed by atoms with van der Waals surface area (Å²) in [5.41, 5.74) is 1.77. The van der Waals surface area contributed by atoms with Crippen molar-refractivity contribution in [1.29, 1.82) is 5.26 Å². The Morgan fingerprint density at radius 3 is 2.50 bits per heavy atom. The maximum absolute atomic E-state index is 8.82. The summed E-state index contributed by atoms with van der Waals surface area (Å²) in [6, 6.07) is 19.4. The van der Waals surface area contributed by atoms with Gasteiger partial charge in [-0.05, 0) is 29.8 Å². The van der Waals surface area contributed by atoms with Gasteiger partial charge in [-0.15, -0.1) is 0 Å². The lowest BCUT2D eigenvalue weighted by Gasteiger charge is -2.22. The van der Waals surface area contributed by atoms with Crippen molar-refractivity contribution in [1.82, 2.24) is 10.2 Å². The maximum Gasteiger partial charge on any atom is 0.193 e. The molecule has 124 valence electrons. The zero-order valence-corrected chi connectivity index (χ0v) is 14.1. The summed E-state index contributed by atoms with van der Waals surface area (Å²) in [4.78, 5) is 6.31. The van der Waals surface area contributed by atoms with Gasteiger partial charge in [0.2, 0.25) is 0 Å². The quantitative estimate of drug-likeness (QED) is 0.656. The molecular weight excluding hydrogens is 300 g/mol. The van der Waals surface area contributed by atoms with Crippen molar-refractivity contribution in [3.8, 4) is 11.8 Å². The average Bonchev–Trinajstić information content (AvgIpc) is 2.63. The lowest BCUT2D eigenvalue weighted by Crippen LogP contribution is -2.40. The number of nitrogens with one attached hydrogen (secondary N) is 1. The van der Waals surface area contributed by atoms with Gasteiger partial charge in [0.25, 0.3) is 0 Å². The Hall–Kier alpha value is -3.00. The Labute approximate surface area is 143 Å². The molecule has 2 aromatic carbocycles. The van der Waals surface area contributed by atoms with Crippen LogP contribution in [0.2, 0.25) is 0 Å². The van der Waals surface area contributed by atoms with E-state index in [1.165, 1.54) is 0 Å². The van der Waals surface area contributed by atoms with Gasteiger partial charge in [0.05, 0.1) is 18.2 Å². The molecule has 5 heteroatoms. The molecule has 0 aliphatic rings. The molecule has 0 saturated heterocycles. The van der Waals surface area contributed by atoms with E-state index in [-0.39, 0.29) is 0 Å². The van der Waals surface area contributed by atoms with Gasteiger partial charge in [0, 0.05) is 20.6 Å². The predicted octanol–water partition coefficient (Wildman–Crippen LogP) is 2.64. The molecule has 0 fully saturated rings. The minimum absolute atomic E-state index is 0.581. The van der Waals surface area contributed by atoms with Crippen LogP contribution in [0.5, 0.6) is 5.75 Å². The number of hydrogen-bond donors (Lipinski definition) is 1. The SMILES string of the molecule is CN=C(NCc1ccc(C#N)cc1)N(C)CCOc1ccccc1. The number of likely N-dealkylation sites (N-methyl/N-ethyl adjacent to an activating group) is 1. The highest BCUT2D eigenvalue weighted by atomic mass is 16.5. The molecule has 0 saturated carbocycles. The number of guanidine groups is 1. The molecule has 0 atom stereocenters. The highest BCUT2D eigenvalue weighted by molar-refractivity contribution is 5.79. The van der Waals surface area contributed by atoms with Crippen LogP contribution in [0.4, 0.5) is 0 Å². The van der Waals surface area contributed by atoms with Gasteiger partial charge in [-0.3, -0.25) is 4.99 Å². The number of hydrogen-bond acceptors (Lipinski definition) is 3. The highest BCUT2D eigenvalue weighted by Crippen LogP contribution is 2.08. The molecular formula is C19H22N4O. The Morgan fingerprint density at radius 2 is 1.88 bits per heavy atom. The fourth-order valence-corrected chi connectivity index (χ4v) is 2.19. The zero-order valence-electron chi connectivity index (χ0n) is 14.1. The van der Waals surface area contributed by atoms with Crippen molar-refractivity contribution in [3.63, 3.8) is 0 Å². The van der Waals surface area contributed by atoms with Crippen molar-refractivity contribution in [2.45, 2.75) is 6.54 Å². The number of ether oxygens (including phenoxy) is 1. The van der Waals surface area contributed by atoms with Crippen LogP contribution in [0.15, 0.2) is 59.6 Å². The number of rotatable bonds is 6. The van der Waals surface area contributed by atoms with E-state index >= 15 is 0 Å². The van der Waals surface area contributed by atoms with E-state index < -0.39 is 0 Å². The highest BCUT2D eigenvalue weighted by Gasteiger charge is 2.06. The van der Waals surface area contributed by atoms with Gasteiger partial charge >= 0.3 is 0 Å². The Bertz CT molecular complexity index is 690. The fraction of sp³-hybridized carbons (Fsp3) is 0.263. The van der Waals surface area contributed by atoms with Crippen molar-refractivity contribution in [2.24, 2.45) is 4.99 Å². The number of nitrogens with zero attached hydrogens (tertiary/aromatic N) is 3. The first-order chi connectivity index (χ1) is 11.7. The number of nitriles is 1. The van der Waals surface area contributed by atoms with E-state index in [0.717, 1.165) is 23.8 Å². The first-order valence-corrected chi connectivity index (χ1v) is 7.81. The molecule has 0 aliphatic heterocycles. The predicted molar refractivity (Wildman–Crippen MR) is 95.9 cm³/mol. The first kappa shape index (κ1) is 17.4. The van der Waals surface area contributed by atoms with Crippen molar-refractivity contribution >= 4 is 5.96 Å². The van der Waals surface area contributed by atoms with Gasteiger partial charge in [0.15, 0.2) is 5.96 Å². The van der Waals surface area contributed by atoms with Crippen LogP contribution >= 0.6 is 0 Å². The lowest BCUT2D eigenvalue weighted by molar-refractivity contribution is 0.281. The number of benzene rings is 2. The molecule has 1 N–H and O–H groups in total. The minimum Gasteiger partial charge on any atom is -0.492 e. The third kappa shape index (κ3) is 5.33. The molecule has 0 amide bonds. The van der Waals surface area contributed by atoms with Crippen LogP contribution in [0.3, 0.4) is 0 Å². The summed E-state index contributed by atoms with van der Waals surface area (Å²) in [5.74, 6) is 1.67. The standard InChI is InChI=1S/C19H22N4O/c1-21-19(22-15-17-10-8-16(14-20)9-11-17)23(2)12-13-24-18-6-4-3-5-7-18/h3-11H,12-13,15H2,1-2H3,(H,21,22). The van der Waals surface area contributed by atoms with Gasteiger partial charge in [-0.1, -0.05) is 30.3 Å². The van der Waals surface area contributed by atoms with E-state index in [1.807, 2.05) is 66.5 Å². The smallest absolute Gasteiger partial charge is 0.193 e. The third-order valence-corrected chi connectivity index (χ3v) is 3.55. The van der Waals surface area contributed by atoms with E-state index in [0.29, 0.717) is 18.7 Å². The second kappa shape index (κ2) is 9.21. The topological polar surface area (TPSA) is 60.7 Å². The van der Waals surface area contributed by atoms with Crippen molar-refractivity contribution < 1.29 is 4.74 Å². The van der Waals surface area contributed by atoms with Gasteiger partial charge in [0.1, 0.15) is 12.4 Å². The lowest BCUT2D eigenvalue weighted by atomic mass is 10.1. The molecule has 0 bridgehead atoms. The number of aliphatic imine (C=N–C) groups is 1. The van der Waals surface area contributed by atoms with Crippen molar-refractivity contribution in [2.75, 3.05) is 27.2 Å². The molecule has 2 rings (SSSR count). The van der Waals surface area contributed by atoms with Crippen molar-refractivity contribution in [3.05, 3.63) is 65.7 Å². The summed E-state index contributed by atoms with van der Waals surface area (Å²) >= 11 is 0. The average molecular weight is 322 g/mol. The second-order valence-corrected chi connectivity index (χ2v) is 5.29. The second-order valence-electron chi connectivity index (χ2n) is 5.29. The normalized spacial score (nSPS) is 10.8. The molecule has 5 nitrogen and oxygen atoms in total. The van der Waals surface area contributed by atoms with Crippen LogP contribution in [0.1, 0.15) is 11.1 Å². The fourth-order valence-electron chi connectivity index (χ4n) is 2.19. The Kier molecular flexibility index (Phi) is 6.66. The number of para-hydroxylation sites is 1. The summed E-state index contributed by atoms with van der Waals surface area (Å²) in [6.07, 6.45) is 0. The summed E-state index contributed by atoms with van der Waals surface area (Å²) in [7, 11) is 3.73. The molecule has 2 aromatic rings. The molecule has 0 aliphatic carbocycles. The molecule has 0 radical (unpaired) electrons. The van der Waals surface area contributed by atoms with Crippen LogP contribution < -0.4 is 10.1 Å². The molecule has 0 heterocycles. The van der Waals surface area contributed by atoms with Gasteiger partial charge < -0.3 is 15.0 Å². The minimum atomic E-state index is 0.581. The zero-order chi connectivity index (χ0) is 17.2. The van der Waals surface area contributed by atoms with E-state index in [1.54, 1.807) is 7.05 Å². The van der Waals surface area contributed by atoms with E-state index in [9.17, 15) is 0 Å². The summed E-state index contributed by atoms with van der Waals surface area (Å²) < 4.78 is 5.70. The van der Waals surface area contributed by atoms with Crippen LogP contribution in [0, 0.1) is 11.3 Å².